The van der Waals surface area contributed by atoms with Gasteiger partial charge in [0.05, 0.1) is 0 Å². The van der Waals surface area contributed by atoms with E-state index in [1.54, 1.807) is 0 Å². The molecule has 15 heavy (non-hydrogen) atoms. The molecule has 0 heterocycles. The Kier molecular flexibility index (Phi) is 5.50. The van der Waals surface area contributed by atoms with E-state index in [-0.39, 0.29) is 12.5 Å². The third-order valence-electron chi connectivity index (χ3n) is 1.49. The summed E-state index contributed by atoms with van der Waals surface area (Å²) in [6.45, 7) is 3.79. The lowest BCUT2D eigenvalue weighted by Gasteiger charge is -2.08. The van der Waals surface area contributed by atoms with Crippen LogP contribution in [0.25, 0.3) is 0 Å². The minimum absolute atomic E-state index is 0.0293. The molecule has 7 nitrogen and oxygen atoms in total. The molecule has 0 aliphatic heterocycles. The van der Waals surface area contributed by atoms with Crippen molar-refractivity contribution in [3.8, 4) is 0 Å². The average Bonchev–Trinajstić information content (AvgIpc) is 1.92. The molecule has 0 rings (SSSR count). The summed E-state index contributed by atoms with van der Waals surface area (Å²) in [6, 6.07) is 0. The largest absolute Gasteiger partial charge is 0.469 e. The Labute approximate surface area is 88.2 Å². The lowest BCUT2D eigenvalue weighted by molar-refractivity contribution is 0.348. The highest BCUT2D eigenvalue weighted by molar-refractivity contribution is 8.00. The lowest BCUT2D eigenvalue weighted by Crippen LogP contribution is -2.07. The van der Waals surface area contributed by atoms with Crippen LogP contribution in [0.3, 0.4) is 0 Å². The molecule has 90 valence electrons. The van der Waals surface area contributed by atoms with Crippen molar-refractivity contribution in [3.63, 3.8) is 0 Å². The Bertz CT molecular complexity index is 278. The maximum absolute atomic E-state index is 10.8. The quantitative estimate of drug-likeness (QED) is 0.357. The number of hydrogen-bond donors (Lipinski definition) is 5. The highest BCUT2D eigenvalue weighted by Crippen LogP contribution is 2.60. The van der Waals surface area contributed by atoms with Crippen molar-refractivity contribution in [1.82, 2.24) is 0 Å². The first-order valence-electron chi connectivity index (χ1n) is 4.23. The minimum atomic E-state index is -4.91. The van der Waals surface area contributed by atoms with E-state index in [0.29, 0.717) is 6.42 Å². The van der Waals surface area contributed by atoms with Gasteiger partial charge in [-0.2, -0.15) is 14.7 Å². The van der Waals surface area contributed by atoms with Crippen LogP contribution < -0.4 is 0 Å². The van der Waals surface area contributed by atoms with Gasteiger partial charge in [0.25, 0.3) is 0 Å². The van der Waals surface area contributed by atoms with E-state index in [9.17, 15) is 4.57 Å². The first-order valence-corrected chi connectivity index (χ1v) is 7.49. The molecule has 0 radical (unpaired) electrons. The zero-order valence-electron chi connectivity index (χ0n) is 8.48. The number of hydrogen-bond acceptors (Lipinski definition) is 5. The van der Waals surface area contributed by atoms with Gasteiger partial charge in [0.2, 0.25) is 0 Å². The van der Waals surface area contributed by atoms with Crippen molar-refractivity contribution in [3.05, 3.63) is 0 Å². The van der Waals surface area contributed by atoms with Crippen molar-refractivity contribution >= 4 is 20.7 Å². The Morgan fingerprint density at radius 3 is 2.07 bits per heavy atom. The summed E-state index contributed by atoms with van der Waals surface area (Å²) in [5.41, 5.74) is 0. The molecule has 0 aliphatic carbocycles. The number of rotatable bonds is 5. The van der Waals surface area contributed by atoms with E-state index in [1.165, 1.54) is 0 Å². The Balaban J connectivity index is 4.75. The lowest BCUT2D eigenvalue weighted by atomic mass is 10.1. The molecule has 0 aromatic heterocycles. The second-order valence-electron chi connectivity index (χ2n) is 3.48. The normalized spacial score (nSPS) is 14.8. The molecule has 0 fully saturated rings. The van der Waals surface area contributed by atoms with Crippen LogP contribution in [0.4, 0.5) is 0 Å². The molecular formula is C6H16NO6P2+. The van der Waals surface area contributed by atoms with Crippen molar-refractivity contribution < 1.29 is 29.0 Å². The Morgan fingerprint density at radius 1 is 1.33 bits per heavy atom. The van der Waals surface area contributed by atoms with Gasteiger partial charge < -0.3 is 9.79 Å². The van der Waals surface area contributed by atoms with E-state index in [2.05, 4.69) is 4.99 Å². The molecule has 5 N–H and O–H groups in total. The van der Waals surface area contributed by atoms with Crippen LogP contribution in [0.5, 0.6) is 0 Å². The summed E-state index contributed by atoms with van der Waals surface area (Å²) in [4.78, 5) is 47.1. The van der Waals surface area contributed by atoms with Crippen LogP contribution in [0.15, 0.2) is 4.99 Å². The smallest absolute Gasteiger partial charge is 0.317 e. The van der Waals surface area contributed by atoms with Crippen LogP contribution in [0.1, 0.15) is 20.3 Å². The molecule has 0 bridgehead atoms. The molecule has 0 aliphatic rings. The second kappa shape index (κ2) is 5.46. The Hall–Kier alpha value is 0.130. The van der Waals surface area contributed by atoms with Gasteiger partial charge in [-0.05, 0) is 12.3 Å². The first kappa shape index (κ1) is 15.1. The molecular weight excluding hydrogens is 244 g/mol. The zero-order chi connectivity index (χ0) is 12.3. The van der Waals surface area contributed by atoms with Gasteiger partial charge in [-0.25, -0.2) is 9.56 Å². The second-order valence-corrected chi connectivity index (χ2v) is 6.90. The van der Waals surface area contributed by atoms with Crippen LogP contribution in [-0.2, 0) is 4.57 Å². The van der Waals surface area contributed by atoms with E-state index >= 15 is 0 Å². The van der Waals surface area contributed by atoms with Crippen molar-refractivity contribution in [2.75, 3.05) is 6.54 Å². The maximum Gasteiger partial charge on any atom is 0.469 e. The minimum Gasteiger partial charge on any atom is -0.317 e. The summed E-state index contributed by atoms with van der Waals surface area (Å²) < 4.78 is 10.8. The van der Waals surface area contributed by atoms with Gasteiger partial charge in [-0.1, -0.05) is 13.8 Å². The fraction of sp³-hybridized carbons (Fsp3) is 0.833. The zero-order valence-corrected chi connectivity index (χ0v) is 10.3. The third-order valence-corrected chi connectivity index (χ3v) is 4.42. The highest BCUT2D eigenvalue weighted by Gasteiger charge is 2.51. The predicted octanol–water partition coefficient (Wildman–Crippen LogP) is 0.306. The summed E-state index contributed by atoms with van der Waals surface area (Å²) in [5, 5.41) is -1.21. The first-order chi connectivity index (χ1) is 6.55. The predicted molar refractivity (Wildman–Crippen MR) is 57.4 cm³/mol. The van der Waals surface area contributed by atoms with Gasteiger partial charge in [0.15, 0.2) is 0 Å². The van der Waals surface area contributed by atoms with Gasteiger partial charge in [0, 0.05) is 6.54 Å². The summed E-state index contributed by atoms with van der Waals surface area (Å²) in [7, 11) is -9.63. The highest BCUT2D eigenvalue weighted by atomic mass is 31.3. The molecule has 0 atom stereocenters. The van der Waals surface area contributed by atoms with E-state index < -0.39 is 20.7 Å². The SMILES string of the molecule is CC(C)CCN=C(P(=O)(O)O)[P+](O)(O)O. The molecule has 0 saturated carbocycles. The van der Waals surface area contributed by atoms with Gasteiger partial charge in [0.1, 0.15) is 0 Å². The van der Waals surface area contributed by atoms with Crippen molar-refractivity contribution in [2.24, 2.45) is 10.9 Å². The van der Waals surface area contributed by atoms with Gasteiger partial charge in [-0.3, -0.25) is 0 Å². The summed E-state index contributed by atoms with van der Waals surface area (Å²) >= 11 is 0. The van der Waals surface area contributed by atoms with Gasteiger partial charge >= 0.3 is 20.7 Å². The number of nitrogens with zero attached hydrogens (tertiary/aromatic N) is 1. The fourth-order valence-electron chi connectivity index (χ4n) is 0.785. The average molecular weight is 260 g/mol. The monoisotopic (exact) mass is 260 g/mol. The van der Waals surface area contributed by atoms with Crippen LogP contribution in [0, 0.1) is 5.92 Å². The molecule has 0 spiro atoms. The van der Waals surface area contributed by atoms with Crippen LogP contribution in [0.2, 0.25) is 0 Å². The molecule has 0 saturated heterocycles. The van der Waals surface area contributed by atoms with Crippen LogP contribution >= 0.6 is 15.5 Å². The van der Waals surface area contributed by atoms with Gasteiger partial charge in [-0.15, -0.1) is 0 Å². The standard InChI is InChI=1S/C6H15NO6P2/c1-5(2)3-4-7-6(14(8,9)10)15(11,12)13/h5,8-10H,3-4H2,1-2H3,(H-,11,12,13)/p+1. The maximum atomic E-state index is 10.8. The molecule has 0 amide bonds. The number of aliphatic imine (C=N–C) groups is 1. The van der Waals surface area contributed by atoms with E-state index in [4.69, 9.17) is 24.5 Å². The fourth-order valence-corrected chi connectivity index (χ4v) is 2.76. The molecule has 0 unspecified atom stereocenters. The molecule has 0 aromatic rings. The van der Waals surface area contributed by atoms with E-state index in [1.807, 2.05) is 13.8 Å². The van der Waals surface area contributed by atoms with E-state index in [0.717, 1.165) is 0 Å². The summed E-state index contributed by atoms with van der Waals surface area (Å²) in [6.07, 6.45) is 0.531. The van der Waals surface area contributed by atoms with Crippen LogP contribution in [-0.4, -0.2) is 36.2 Å². The molecule has 0 aromatic carbocycles. The van der Waals surface area contributed by atoms with Crippen molar-refractivity contribution in [1.29, 1.82) is 0 Å². The molecule has 9 heteroatoms. The summed E-state index contributed by atoms with van der Waals surface area (Å²) in [5.74, 6) is 0.260. The Morgan fingerprint density at radius 2 is 1.80 bits per heavy atom. The van der Waals surface area contributed by atoms with Crippen molar-refractivity contribution in [2.45, 2.75) is 20.3 Å². The third kappa shape index (κ3) is 6.33. The topological polar surface area (TPSA) is 131 Å².